The number of carbonyl (C=O) groups excluding carboxylic acids is 1. The summed E-state index contributed by atoms with van der Waals surface area (Å²) >= 11 is 0. The first kappa shape index (κ1) is 19.6. The molecule has 2 heterocycles. The van der Waals surface area contributed by atoms with Gasteiger partial charge in [0.2, 0.25) is 11.7 Å². The van der Waals surface area contributed by atoms with Gasteiger partial charge in [0, 0.05) is 31.4 Å². The van der Waals surface area contributed by atoms with E-state index in [0.29, 0.717) is 28.5 Å². The molecule has 28 heavy (non-hydrogen) atoms. The van der Waals surface area contributed by atoms with Crippen molar-refractivity contribution in [1.29, 1.82) is 0 Å². The zero-order valence-electron chi connectivity index (χ0n) is 16.0. The zero-order chi connectivity index (χ0) is 20.3. The Kier molecular flexibility index (Phi) is 5.46. The van der Waals surface area contributed by atoms with Crippen molar-refractivity contribution in [2.24, 2.45) is 10.7 Å². The van der Waals surface area contributed by atoms with Crippen LogP contribution in [0.5, 0.6) is 0 Å². The van der Waals surface area contributed by atoms with Gasteiger partial charge in [0.25, 0.3) is 0 Å². The van der Waals surface area contributed by atoms with Crippen LogP contribution in [0.3, 0.4) is 0 Å². The number of fused-ring (bicyclic) bond motifs is 1. The summed E-state index contributed by atoms with van der Waals surface area (Å²) in [5.74, 6) is 0.169. The standard InChI is InChI=1S/C19H22FN7O/c1-19(2)15-17(25-18(19)28)24-16(27-26-15)14(22-3)8-12(9-21)23-10-11-6-4-5-7-13(11)20/h4-8,23H,9-10,21H2,1-3H3,(H,24,25,27,28)/b12-8-,22-14?. The van der Waals surface area contributed by atoms with E-state index in [2.05, 4.69) is 30.8 Å². The Morgan fingerprint density at radius 1 is 1.36 bits per heavy atom. The van der Waals surface area contributed by atoms with E-state index in [1.54, 1.807) is 45.2 Å². The van der Waals surface area contributed by atoms with Gasteiger partial charge in [-0.3, -0.25) is 9.79 Å². The largest absolute Gasteiger partial charge is 0.383 e. The van der Waals surface area contributed by atoms with Crippen molar-refractivity contribution in [3.05, 3.63) is 58.9 Å². The molecule has 0 unspecified atom stereocenters. The third-order valence-electron chi connectivity index (χ3n) is 4.54. The molecule has 0 atom stereocenters. The van der Waals surface area contributed by atoms with E-state index in [0.717, 1.165) is 0 Å². The number of carbonyl (C=O) groups is 1. The number of hydrogen-bond acceptors (Lipinski definition) is 7. The number of nitrogens with one attached hydrogen (secondary N) is 2. The van der Waals surface area contributed by atoms with Crippen molar-refractivity contribution in [3.63, 3.8) is 0 Å². The molecule has 0 bridgehead atoms. The van der Waals surface area contributed by atoms with Gasteiger partial charge in [-0.05, 0) is 26.0 Å². The molecular weight excluding hydrogens is 361 g/mol. The maximum atomic E-state index is 13.8. The van der Waals surface area contributed by atoms with Gasteiger partial charge >= 0.3 is 0 Å². The van der Waals surface area contributed by atoms with Crippen LogP contribution in [-0.2, 0) is 16.8 Å². The van der Waals surface area contributed by atoms with Gasteiger partial charge in [-0.2, -0.15) is 0 Å². The van der Waals surface area contributed by atoms with Crippen LogP contribution >= 0.6 is 0 Å². The van der Waals surface area contributed by atoms with Crippen molar-refractivity contribution < 1.29 is 9.18 Å². The molecule has 0 fully saturated rings. The molecule has 1 aromatic heterocycles. The predicted octanol–water partition coefficient (Wildman–Crippen LogP) is 1.29. The highest BCUT2D eigenvalue weighted by molar-refractivity contribution is 6.08. The average Bonchev–Trinajstić information content (AvgIpc) is 2.91. The van der Waals surface area contributed by atoms with E-state index in [1.165, 1.54) is 6.07 Å². The maximum absolute atomic E-state index is 13.8. The lowest BCUT2D eigenvalue weighted by Gasteiger charge is -2.12. The fourth-order valence-corrected chi connectivity index (χ4v) is 2.74. The SMILES string of the molecule is CN=C(/C=C(/CN)NCc1ccccc1F)c1nnc2c(n1)NC(=O)C2(C)C. The topological polar surface area (TPSA) is 118 Å². The van der Waals surface area contributed by atoms with E-state index in [9.17, 15) is 9.18 Å². The Bertz CT molecular complexity index is 969. The van der Waals surface area contributed by atoms with E-state index >= 15 is 0 Å². The van der Waals surface area contributed by atoms with Gasteiger partial charge in [0.15, 0.2) is 5.82 Å². The van der Waals surface area contributed by atoms with Crippen LogP contribution in [-0.4, -0.2) is 40.4 Å². The number of aliphatic imine (C=N–C) groups is 1. The van der Waals surface area contributed by atoms with Crippen LogP contribution in [0, 0.1) is 5.82 Å². The zero-order valence-corrected chi connectivity index (χ0v) is 16.0. The summed E-state index contributed by atoms with van der Waals surface area (Å²) in [5, 5.41) is 14.1. The lowest BCUT2D eigenvalue weighted by Crippen LogP contribution is -2.27. The molecule has 0 saturated carbocycles. The molecule has 3 rings (SSSR count). The number of benzene rings is 1. The van der Waals surface area contributed by atoms with E-state index in [4.69, 9.17) is 5.73 Å². The van der Waals surface area contributed by atoms with Crippen molar-refractivity contribution >= 4 is 17.4 Å². The fourth-order valence-electron chi connectivity index (χ4n) is 2.74. The minimum atomic E-state index is -0.781. The van der Waals surface area contributed by atoms with E-state index in [1.807, 2.05) is 0 Å². The number of amides is 1. The average molecular weight is 383 g/mol. The minimum Gasteiger partial charge on any atom is -0.383 e. The number of aromatic nitrogens is 3. The van der Waals surface area contributed by atoms with Gasteiger partial charge in [0.05, 0.1) is 5.41 Å². The predicted molar refractivity (Wildman–Crippen MR) is 104 cm³/mol. The van der Waals surface area contributed by atoms with Gasteiger partial charge in [-0.1, -0.05) is 18.2 Å². The highest BCUT2D eigenvalue weighted by Crippen LogP contribution is 2.33. The number of halogens is 1. The number of rotatable bonds is 6. The molecule has 146 valence electrons. The second-order valence-corrected chi connectivity index (χ2v) is 6.84. The third-order valence-corrected chi connectivity index (χ3v) is 4.54. The first-order valence-electron chi connectivity index (χ1n) is 8.78. The monoisotopic (exact) mass is 383 g/mol. The van der Waals surface area contributed by atoms with Crippen LogP contribution < -0.4 is 16.4 Å². The Balaban J connectivity index is 1.82. The van der Waals surface area contributed by atoms with Gasteiger partial charge in [0.1, 0.15) is 17.2 Å². The van der Waals surface area contributed by atoms with Gasteiger partial charge in [-0.15, -0.1) is 10.2 Å². The highest BCUT2D eigenvalue weighted by Gasteiger charge is 2.41. The fraction of sp³-hybridized carbons (Fsp3) is 0.316. The summed E-state index contributed by atoms with van der Waals surface area (Å²) in [7, 11) is 1.59. The number of hydrogen-bond donors (Lipinski definition) is 3. The molecule has 1 amide bonds. The van der Waals surface area contributed by atoms with Gasteiger partial charge in [-0.25, -0.2) is 9.37 Å². The van der Waals surface area contributed by atoms with Crippen molar-refractivity contribution in [2.45, 2.75) is 25.8 Å². The molecule has 2 aromatic rings. The molecule has 0 aliphatic carbocycles. The summed E-state index contributed by atoms with van der Waals surface area (Å²) in [5.41, 5.74) is 7.13. The van der Waals surface area contributed by atoms with Gasteiger partial charge < -0.3 is 16.4 Å². The van der Waals surface area contributed by atoms with E-state index < -0.39 is 5.41 Å². The van der Waals surface area contributed by atoms with Crippen LogP contribution in [0.4, 0.5) is 10.2 Å². The number of nitrogens with zero attached hydrogens (tertiary/aromatic N) is 4. The Morgan fingerprint density at radius 2 is 2.11 bits per heavy atom. The Hall–Kier alpha value is -3.20. The van der Waals surface area contributed by atoms with Crippen molar-refractivity contribution in [2.75, 3.05) is 18.9 Å². The summed E-state index contributed by atoms with van der Waals surface area (Å²) in [6.45, 7) is 3.99. The van der Waals surface area contributed by atoms with Crippen LogP contribution in [0.25, 0.3) is 0 Å². The van der Waals surface area contributed by atoms with Crippen molar-refractivity contribution in [1.82, 2.24) is 20.5 Å². The number of allylic oxidation sites excluding steroid dienone is 1. The summed E-state index contributed by atoms with van der Waals surface area (Å²) in [6, 6.07) is 6.51. The number of anilines is 1. The molecule has 4 N–H and O–H groups in total. The second kappa shape index (κ2) is 7.81. The molecule has 0 radical (unpaired) electrons. The molecular formula is C19H22FN7O. The molecule has 0 spiro atoms. The van der Waals surface area contributed by atoms with Crippen LogP contribution in [0.15, 0.2) is 41.0 Å². The first-order chi connectivity index (χ1) is 13.4. The highest BCUT2D eigenvalue weighted by atomic mass is 19.1. The Morgan fingerprint density at radius 3 is 2.79 bits per heavy atom. The summed E-state index contributed by atoms with van der Waals surface area (Å²) in [6.07, 6.45) is 1.69. The van der Waals surface area contributed by atoms with Crippen LogP contribution in [0.2, 0.25) is 0 Å². The molecule has 9 heteroatoms. The van der Waals surface area contributed by atoms with Crippen molar-refractivity contribution in [3.8, 4) is 0 Å². The lowest BCUT2D eigenvalue weighted by atomic mass is 9.91. The van der Waals surface area contributed by atoms with Crippen LogP contribution in [0.1, 0.15) is 30.9 Å². The number of nitrogens with two attached hydrogens (primary N) is 1. The quantitative estimate of drug-likeness (QED) is 0.647. The smallest absolute Gasteiger partial charge is 0.237 e. The summed E-state index contributed by atoms with van der Waals surface area (Å²) in [4.78, 5) is 20.6. The molecule has 1 aromatic carbocycles. The lowest BCUT2D eigenvalue weighted by molar-refractivity contribution is -0.119. The van der Waals surface area contributed by atoms with E-state index in [-0.39, 0.29) is 30.6 Å². The minimum absolute atomic E-state index is 0.179. The molecule has 0 saturated heterocycles. The molecule has 1 aliphatic rings. The Labute approximate surface area is 162 Å². The maximum Gasteiger partial charge on any atom is 0.237 e. The normalized spacial score (nSPS) is 16.0. The molecule has 8 nitrogen and oxygen atoms in total. The second-order valence-electron chi connectivity index (χ2n) is 6.84. The summed E-state index contributed by atoms with van der Waals surface area (Å²) < 4.78 is 13.8. The first-order valence-corrected chi connectivity index (χ1v) is 8.78. The molecule has 1 aliphatic heterocycles. The third kappa shape index (κ3) is 3.74.